The van der Waals surface area contributed by atoms with Crippen molar-refractivity contribution in [3.8, 4) is 5.75 Å². The molecule has 1 heterocycles. The van der Waals surface area contributed by atoms with Gasteiger partial charge in [-0.2, -0.15) is 0 Å². The molecule has 4 rings (SSSR count). The second kappa shape index (κ2) is 7.85. The molecule has 2 aromatic rings. The minimum atomic E-state index is -0.278. The van der Waals surface area contributed by atoms with Gasteiger partial charge in [-0.1, -0.05) is 35.3 Å². The minimum absolute atomic E-state index is 0.0663. The molecule has 6 heteroatoms. The van der Waals surface area contributed by atoms with Crippen LogP contribution in [0.3, 0.4) is 0 Å². The highest BCUT2D eigenvalue weighted by Crippen LogP contribution is 2.46. The Balaban J connectivity index is 1.91. The van der Waals surface area contributed by atoms with E-state index in [1.165, 1.54) is 0 Å². The maximum Gasteiger partial charge on any atom is 0.232 e. The standard InChI is InChI=1S/C23H21Cl2NO3/c1-13-9-19(21(29-2)12-17(13)25)26-18-7-4-8-20(27)23(18)16(11-22(26)28)14-5-3-6-15(24)10-14/h3,5-6,9-10,12,16H,4,7-8,11H2,1-2H3. The average Bonchev–Trinajstić information content (AvgIpc) is 2.69. The summed E-state index contributed by atoms with van der Waals surface area (Å²) < 4.78 is 5.51. The summed E-state index contributed by atoms with van der Waals surface area (Å²) in [4.78, 5) is 28.0. The third-order valence-electron chi connectivity index (χ3n) is 5.63. The molecule has 1 aliphatic heterocycles. The average molecular weight is 430 g/mol. The van der Waals surface area contributed by atoms with Gasteiger partial charge in [-0.3, -0.25) is 14.5 Å². The second-order valence-corrected chi connectivity index (χ2v) is 8.29. The van der Waals surface area contributed by atoms with Crippen molar-refractivity contribution in [2.24, 2.45) is 0 Å². The lowest BCUT2D eigenvalue weighted by molar-refractivity contribution is -0.119. The molecule has 0 fully saturated rings. The highest BCUT2D eigenvalue weighted by molar-refractivity contribution is 6.31. The van der Waals surface area contributed by atoms with E-state index in [4.69, 9.17) is 27.9 Å². The predicted molar refractivity (Wildman–Crippen MR) is 115 cm³/mol. The van der Waals surface area contributed by atoms with Gasteiger partial charge in [-0.25, -0.2) is 0 Å². The van der Waals surface area contributed by atoms with Gasteiger partial charge >= 0.3 is 0 Å². The van der Waals surface area contributed by atoms with E-state index >= 15 is 0 Å². The van der Waals surface area contributed by atoms with Crippen LogP contribution in [0.1, 0.15) is 42.7 Å². The van der Waals surface area contributed by atoms with Crippen molar-refractivity contribution in [1.29, 1.82) is 0 Å². The van der Waals surface area contributed by atoms with Crippen LogP contribution in [0.2, 0.25) is 10.0 Å². The van der Waals surface area contributed by atoms with Gasteiger partial charge in [0.25, 0.3) is 0 Å². The van der Waals surface area contributed by atoms with Crippen molar-refractivity contribution in [3.05, 3.63) is 68.8 Å². The maximum absolute atomic E-state index is 13.3. The van der Waals surface area contributed by atoms with Crippen LogP contribution in [0.15, 0.2) is 47.7 Å². The minimum Gasteiger partial charge on any atom is -0.495 e. The summed E-state index contributed by atoms with van der Waals surface area (Å²) in [6.45, 7) is 1.88. The van der Waals surface area contributed by atoms with Crippen LogP contribution in [0, 0.1) is 6.92 Å². The van der Waals surface area contributed by atoms with Gasteiger partial charge in [0, 0.05) is 46.1 Å². The van der Waals surface area contributed by atoms with Crippen molar-refractivity contribution >= 4 is 40.6 Å². The fraction of sp³-hybridized carbons (Fsp3) is 0.304. The molecular formula is C23H21Cl2NO3. The van der Waals surface area contributed by atoms with E-state index in [-0.39, 0.29) is 24.0 Å². The number of amides is 1. The first-order chi connectivity index (χ1) is 13.9. The highest BCUT2D eigenvalue weighted by atomic mass is 35.5. The van der Waals surface area contributed by atoms with Crippen LogP contribution in [-0.4, -0.2) is 18.8 Å². The number of carbonyl (C=O) groups excluding carboxylic acids is 2. The Morgan fingerprint density at radius 1 is 1.10 bits per heavy atom. The molecule has 1 unspecified atom stereocenters. The van der Waals surface area contributed by atoms with Gasteiger partial charge < -0.3 is 4.74 Å². The Morgan fingerprint density at radius 2 is 1.90 bits per heavy atom. The van der Waals surface area contributed by atoms with Crippen LogP contribution in [0.25, 0.3) is 0 Å². The van der Waals surface area contributed by atoms with E-state index in [0.717, 1.165) is 23.2 Å². The number of Topliss-reactive ketones (excluding diaryl/α,β-unsaturated/α-hetero) is 1. The molecule has 1 atom stereocenters. The number of halogens is 2. The first kappa shape index (κ1) is 20.0. The normalized spacial score (nSPS) is 19.4. The molecule has 1 aliphatic carbocycles. The second-order valence-electron chi connectivity index (χ2n) is 7.45. The Kier molecular flexibility index (Phi) is 5.41. The molecule has 0 aromatic heterocycles. The largest absolute Gasteiger partial charge is 0.495 e. The van der Waals surface area contributed by atoms with Crippen LogP contribution in [-0.2, 0) is 9.59 Å². The van der Waals surface area contributed by atoms with Crippen LogP contribution < -0.4 is 9.64 Å². The smallest absolute Gasteiger partial charge is 0.232 e. The van der Waals surface area contributed by atoms with Gasteiger partial charge in [0.05, 0.1) is 12.8 Å². The first-order valence-electron chi connectivity index (χ1n) is 9.59. The fourth-order valence-electron chi connectivity index (χ4n) is 4.27. The number of rotatable bonds is 3. The molecule has 0 saturated heterocycles. The van der Waals surface area contributed by atoms with Crippen molar-refractivity contribution in [2.45, 2.75) is 38.5 Å². The van der Waals surface area contributed by atoms with Crippen LogP contribution in [0.4, 0.5) is 5.69 Å². The molecule has 150 valence electrons. The lowest BCUT2D eigenvalue weighted by Crippen LogP contribution is -2.40. The van der Waals surface area contributed by atoms with Gasteiger partial charge in [0.2, 0.25) is 5.91 Å². The van der Waals surface area contributed by atoms with Crippen LogP contribution >= 0.6 is 23.2 Å². The van der Waals surface area contributed by atoms with Crippen molar-refractivity contribution in [2.75, 3.05) is 12.0 Å². The monoisotopic (exact) mass is 429 g/mol. The summed E-state index contributed by atoms with van der Waals surface area (Å²) in [5.41, 5.74) is 3.85. The number of aryl methyl sites for hydroxylation is 1. The van der Waals surface area contributed by atoms with Gasteiger partial charge in [0.1, 0.15) is 5.75 Å². The van der Waals surface area contributed by atoms with E-state index in [2.05, 4.69) is 0 Å². The molecule has 29 heavy (non-hydrogen) atoms. The zero-order valence-electron chi connectivity index (χ0n) is 16.3. The van der Waals surface area contributed by atoms with Crippen LogP contribution in [0.5, 0.6) is 5.75 Å². The zero-order chi connectivity index (χ0) is 20.7. The number of hydrogen-bond donors (Lipinski definition) is 0. The van der Waals surface area contributed by atoms with Gasteiger partial charge in [-0.05, 0) is 49.1 Å². The number of hydrogen-bond acceptors (Lipinski definition) is 3. The molecule has 0 spiro atoms. The summed E-state index contributed by atoms with van der Waals surface area (Å²) in [6, 6.07) is 11.0. The molecule has 1 amide bonds. The number of ether oxygens (including phenoxy) is 1. The molecule has 4 nitrogen and oxygen atoms in total. The van der Waals surface area contributed by atoms with E-state index < -0.39 is 0 Å². The van der Waals surface area contributed by atoms with Crippen molar-refractivity contribution in [1.82, 2.24) is 0 Å². The van der Waals surface area contributed by atoms with Crippen molar-refractivity contribution in [3.63, 3.8) is 0 Å². The molecule has 0 radical (unpaired) electrons. The number of nitrogens with zero attached hydrogens (tertiary/aromatic N) is 1. The maximum atomic E-state index is 13.3. The first-order valence-corrected chi connectivity index (χ1v) is 10.3. The Morgan fingerprint density at radius 3 is 2.62 bits per heavy atom. The van der Waals surface area contributed by atoms with E-state index in [1.807, 2.05) is 31.2 Å². The van der Waals surface area contributed by atoms with E-state index in [9.17, 15) is 9.59 Å². The van der Waals surface area contributed by atoms with Crippen molar-refractivity contribution < 1.29 is 14.3 Å². The number of ketones is 1. The molecule has 0 bridgehead atoms. The SMILES string of the molecule is COc1cc(Cl)c(C)cc1N1C(=O)CC(c2cccc(Cl)c2)C2=C1CCCC2=O. The summed E-state index contributed by atoms with van der Waals surface area (Å²) >= 11 is 12.4. The number of benzene rings is 2. The predicted octanol–water partition coefficient (Wildman–Crippen LogP) is 5.84. The van der Waals surface area contributed by atoms with Gasteiger partial charge in [0.15, 0.2) is 5.78 Å². The summed E-state index contributed by atoms with van der Waals surface area (Å²) in [6.07, 6.45) is 2.08. The van der Waals surface area contributed by atoms with Gasteiger partial charge in [-0.15, -0.1) is 0 Å². The Bertz CT molecular complexity index is 1040. The number of methoxy groups -OCH3 is 1. The number of carbonyl (C=O) groups is 2. The zero-order valence-corrected chi connectivity index (χ0v) is 17.8. The number of anilines is 1. The Labute approximate surface area is 180 Å². The molecule has 0 N–H and O–H groups in total. The van der Waals surface area contributed by atoms with E-state index in [1.54, 1.807) is 24.1 Å². The molecule has 0 saturated carbocycles. The topological polar surface area (TPSA) is 46.6 Å². The lowest BCUT2D eigenvalue weighted by Gasteiger charge is -2.39. The third kappa shape index (κ3) is 3.56. The number of allylic oxidation sites excluding steroid dienone is 2. The lowest BCUT2D eigenvalue weighted by atomic mass is 9.77. The summed E-state index contributed by atoms with van der Waals surface area (Å²) in [7, 11) is 1.55. The molecular weight excluding hydrogens is 409 g/mol. The quantitative estimate of drug-likeness (QED) is 0.615. The highest BCUT2D eigenvalue weighted by Gasteiger charge is 2.40. The molecule has 2 aliphatic rings. The summed E-state index contributed by atoms with van der Waals surface area (Å²) in [5, 5.41) is 1.17. The molecule has 2 aromatic carbocycles. The fourth-order valence-corrected chi connectivity index (χ4v) is 4.62. The Hall–Kier alpha value is -2.30. The third-order valence-corrected chi connectivity index (χ3v) is 6.27. The summed E-state index contributed by atoms with van der Waals surface area (Å²) in [5.74, 6) is 0.265. The van der Waals surface area contributed by atoms with E-state index in [0.29, 0.717) is 39.9 Å².